The molecule has 2 aromatic rings. The largest absolute Gasteiger partial charge is 0.345 e. The highest BCUT2D eigenvalue weighted by atomic mass is 32.1. The van der Waals surface area contributed by atoms with E-state index in [0.29, 0.717) is 0 Å². The Kier molecular flexibility index (Phi) is 3.41. The first kappa shape index (κ1) is 12.8. The fourth-order valence-corrected chi connectivity index (χ4v) is 3.58. The van der Waals surface area contributed by atoms with Crippen LogP contribution in [0.2, 0.25) is 0 Å². The maximum Gasteiger partial charge on any atom is 0.141 e. The van der Waals surface area contributed by atoms with Crippen molar-refractivity contribution in [3.05, 3.63) is 16.8 Å². The zero-order valence-electron chi connectivity index (χ0n) is 11.9. The zero-order valence-corrected chi connectivity index (χ0v) is 12.7. The monoisotopic (exact) mass is 277 g/mol. The standard InChI is InChI=1S/C14H20N4S/c1-4-11-9-12-13(15-10(2)16-14(12)19-11)18-7-5-17(3)6-8-18/h9H,4-8H2,1-3H3/p+1. The normalized spacial score (nSPS) is 17.3. The molecule has 0 radical (unpaired) electrons. The van der Waals surface area contributed by atoms with Crippen molar-refractivity contribution in [2.45, 2.75) is 20.3 Å². The third kappa shape index (κ3) is 2.44. The molecule has 3 rings (SSSR count). The minimum Gasteiger partial charge on any atom is -0.345 e. The number of fused-ring (bicyclic) bond motifs is 1. The molecular formula is C14H21N4S+. The van der Waals surface area contributed by atoms with Crippen molar-refractivity contribution >= 4 is 27.4 Å². The molecule has 19 heavy (non-hydrogen) atoms. The second-order valence-electron chi connectivity index (χ2n) is 5.32. The van der Waals surface area contributed by atoms with Crippen LogP contribution in [0.5, 0.6) is 0 Å². The summed E-state index contributed by atoms with van der Waals surface area (Å²) in [6, 6.07) is 2.28. The third-order valence-corrected chi connectivity index (χ3v) is 4.97. The molecule has 102 valence electrons. The van der Waals surface area contributed by atoms with Crippen LogP contribution in [0.4, 0.5) is 5.82 Å². The first-order chi connectivity index (χ1) is 9.17. The van der Waals surface area contributed by atoms with Crippen LogP contribution in [-0.4, -0.2) is 43.2 Å². The second kappa shape index (κ2) is 5.06. The number of hydrogen-bond acceptors (Lipinski definition) is 4. The number of nitrogens with one attached hydrogen (secondary N) is 1. The minimum absolute atomic E-state index is 0.887. The number of nitrogens with zero attached hydrogens (tertiary/aromatic N) is 3. The topological polar surface area (TPSA) is 33.5 Å². The average molecular weight is 277 g/mol. The SMILES string of the molecule is CCc1cc2c(N3CC[NH+](C)CC3)nc(C)nc2s1. The molecule has 0 bridgehead atoms. The zero-order chi connectivity index (χ0) is 13.4. The summed E-state index contributed by atoms with van der Waals surface area (Å²) in [5.41, 5.74) is 0. The van der Waals surface area contributed by atoms with Gasteiger partial charge in [0.05, 0.1) is 38.6 Å². The molecule has 1 N–H and O–H groups in total. The molecule has 0 aromatic carbocycles. The predicted octanol–water partition coefficient (Wildman–Crippen LogP) is 0.897. The number of anilines is 1. The van der Waals surface area contributed by atoms with Crippen molar-refractivity contribution in [3.8, 4) is 0 Å². The Bertz CT molecular complexity index is 584. The molecule has 0 atom stereocenters. The van der Waals surface area contributed by atoms with Crippen molar-refractivity contribution in [3.63, 3.8) is 0 Å². The van der Waals surface area contributed by atoms with Gasteiger partial charge in [0.25, 0.3) is 0 Å². The molecule has 1 saturated heterocycles. The van der Waals surface area contributed by atoms with E-state index in [4.69, 9.17) is 4.98 Å². The first-order valence-corrected chi connectivity index (χ1v) is 7.82. The molecule has 0 amide bonds. The van der Waals surface area contributed by atoms with Crippen LogP contribution in [0, 0.1) is 6.92 Å². The van der Waals surface area contributed by atoms with E-state index in [2.05, 4.69) is 29.9 Å². The molecule has 4 nitrogen and oxygen atoms in total. The minimum atomic E-state index is 0.887. The van der Waals surface area contributed by atoms with Crippen molar-refractivity contribution in [1.29, 1.82) is 0 Å². The molecule has 0 saturated carbocycles. The van der Waals surface area contributed by atoms with Gasteiger partial charge >= 0.3 is 0 Å². The number of thiophene rings is 1. The first-order valence-electron chi connectivity index (χ1n) is 7.00. The summed E-state index contributed by atoms with van der Waals surface area (Å²) >= 11 is 1.81. The van der Waals surface area contributed by atoms with Gasteiger partial charge in [0, 0.05) is 4.88 Å². The van der Waals surface area contributed by atoms with Gasteiger partial charge in [0.15, 0.2) is 0 Å². The van der Waals surface area contributed by atoms with Crippen LogP contribution < -0.4 is 9.80 Å². The van der Waals surface area contributed by atoms with Crippen LogP contribution in [0.25, 0.3) is 10.2 Å². The smallest absolute Gasteiger partial charge is 0.141 e. The Balaban J connectivity index is 2.03. The summed E-state index contributed by atoms with van der Waals surface area (Å²) in [5.74, 6) is 2.03. The quantitative estimate of drug-likeness (QED) is 0.885. The van der Waals surface area contributed by atoms with E-state index < -0.39 is 0 Å². The maximum atomic E-state index is 4.71. The molecule has 5 heteroatoms. The van der Waals surface area contributed by atoms with Crippen LogP contribution >= 0.6 is 11.3 Å². The van der Waals surface area contributed by atoms with Crippen LogP contribution in [0.3, 0.4) is 0 Å². The van der Waals surface area contributed by atoms with Gasteiger partial charge in [-0.1, -0.05) is 6.92 Å². The molecule has 1 aliphatic heterocycles. The number of quaternary nitrogens is 1. The number of piperazine rings is 1. The molecule has 0 spiro atoms. The van der Waals surface area contributed by atoms with Crippen molar-refractivity contribution in [2.75, 3.05) is 38.1 Å². The van der Waals surface area contributed by atoms with Gasteiger partial charge < -0.3 is 9.80 Å². The second-order valence-corrected chi connectivity index (χ2v) is 6.44. The highest BCUT2D eigenvalue weighted by Gasteiger charge is 2.21. The highest BCUT2D eigenvalue weighted by molar-refractivity contribution is 7.18. The molecule has 0 aliphatic carbocycles. The van der Waals surface area contributed by atoms with E-state index in [1.807, 2.05) is 18.3 Å². The molecular weight excluding hydrogens is 256 g/mol. The molecule has 1 aliphatic rings. The fraction of sp³-hybridized carbons (Fsp3) is 0.571. The average Bonchev–Trinajstić information content (AvgIpc) is 2.81. The molecule has 1 fully saturated rings. The molecule has 3 heterocycles. The van der Waals surface area contributed by atoms with Gasteiger partial charge in [-0.05, 0) is 19.4 Å². The Labute approximate surface area is 118 Å². The molecule has 0 unspecified atom stereocenters. The number of likely N-dealkylation sites (N-methyl/N-ethyl adjacent to an activating group) is 1. The van der Waals surface area contributed by atoms with Crippen molar-refractivity contribution < 1.29 is 4.90 Å². The van der Waals surface area contributed by atoms with E-state index in [1.54, 1.807) is 4.90 Å². The summed E-state index contributed by atoms with van der Waals surface area (Å²) in [6.45, 7) is 8.76. The Morgan fingerprint density at radius 1 is 1.32 bits per heavy atom. The van der Waals surface area contributed by atoms with E-state index >= 15 is 0 Å². The number of aromatic nitrogens is 2. The summed E-state index contributed by atoms with van der Waals surface area (Å²) in [4.78, 5) is 15.9. The van der Waals surface area contributed by atoms with Crippen LogP contribution in [0.1, 0.15) is 17.6 Å². The van der Waals surface area contributed by atoms with Gasteiger partial charge in [-0.2, -0.15) is 0 Å². The van der Waals surface area contributed by atoms with Crippen LogP contribution in [0.15, 0.2) is 6.07 Å². The van der Waals surface area contributed by atoms with Crippen molar-refractivity contribution in [1.82, 2.24) is 9.97 Å². The van der Waals surface area contributed by atoms with Gasteiger partial charge in [-0.3, -0.25) is 0 Å². The lowest BCUT2D eigenvalue weighted by atomic mass is 10.2. The van der Waals surface area contributed by atoms with E-state index in [1.165, 1.54) is 23.4 Å². The summed E-state index contributed by atoms with van der Waals surface area (Å²) in [6.07, 6.45) is 1.08. The van der Waals surface area contributed by atoms with Gasteiger partial charge in [0.2, 0.25) is 0 Å². The number of rotatable bonds is 2. The predicted molar refractivity (Wildman–Crippen MR) is 80.4 cm³/mol. The fourth-order valence-electron chi connectivity index (χ4n) is 2.58. The maximum absolute atomic E-state index is 4.71. The van der Waals surface area contributed by atoms with E-state index in [0.717, 1.165) is 36.0 Å². The Morgan fingerprint density at radius 2 is 2.05 bits per heavy atom. The third-order valence-electron chi connectivity index (χ3n) is 3.80. The van der Waals surface area contributed by atoms with E-state index in [-0.39, 0.29) is 0 Å². The Hall–Kier alpha value is -1.20. The van der Waals surface area contributed by atoms with Gasteiger partial charge in [-0.15, -0.1) is 11.3 Å². The van der Waals surface area contributed by atoms with Gasteiger partial charge in [0.1, 0.15) is 16.5 Å². The molecule has 2 aromatic heterocycles. The number of aryl methyl sites for hydroxylation is 2. The van der Waals surface area contributed by atoms with Crippen molar-refractivity contribution in [2.24, 2.45) is 0 Å². The van der Waals surface area contributed by atoms with E-state index in [9.17, 15) is 0 Å². The summed E-state index contributed by atoms with van der Waals surface area (Å²) < 4.78 is 0. The lowest BCUT2D eigenvalue weighted by molar-refractivity contribution is -0.880. The highest BCUT2D eigenvalue weighted by Crippen LogP contribution is 2.31. The lowest BCUT2D eigenvalue weighted by Gasteiger charge is -2.31. The number of hydrogen-bond donors (Lipinski definition) is 1. The Morgan fingerprint density at radius 3 is 2.74 bits per heavy atom. The van der Waals surface area contributed by atoms with Gasteiger partial charge in [-0.25, -0.2) is 9.97 Å². The van der Waals surface area contributed by atoms with Crippen LogP contribution in [-0.2, 0) is 6.42 Å². The summed E-state index contributed by atoms with van der Waals surface area (Å²) in [5, 5.41) is 1.24. The summed E-state index contributed by atoms with van der Waals surface area (Å²) in [7, 11) is 2.26. The lowest BCUT2D eigenvalue weighted by Crippen LogP contribution is -3.12.